The molecule has 1 N–H and O–H groups in total. The molecule has 8 heteroatoms. The zero-order chi connectivity index (χ0) is 19.9. The van der Waals surface area contributed by atoms with Gasteiger partial charge in [-0.3, -0.25) is 4.79 Å². The van der Waals surface area contributed by atoms with E-state index < -0.39 is 0 Å². The molecule has 28 heavy (non-hydrogen) atoms. The maximum atomic E-state index is 12.3. The van der Waals surface area contributed by atoms with Crippen LogP contribution >= 0.6 is 15.9 Å². The van der Waals surface area contributed by atoms with E-state index in [2.05, 4.69) is 26.3 Å². The number of amides is 1. The highest BCUT2D eigenvalue weighted by atomic mass is 79.9. The number of hydrogen-bond donors (Lipinski definition) is 1. The van der Waals surface area contributed by atoms with E-state index in [4.69, 9.17) is 14.7 Å². The molecule has 3 aromatic rings. The summed E-state index contributed by atoms with van der Waals surface area (Å²) in [5.74, 6) is 1.03. The standard InChI is InChI=1S/C20H17BrN4O3/c1-27-18-10-15(11-22)4-7-17(18)28-13-20(26)24-19-8-9-23-25(19)12-14-2-5-16(21)6-3-14/h2-10H,12-13H2,1H3,(H,24,26). The minimum atomic E-state index is -0.330. The van der Waals surface area contributed by atoms with Crippen molar-refractivity contribution in [3.05, 3.63) is 70.3 Å². The van der Waals surface area contributed by atoms with Crippen LogP contribution in [0.15, 0.2) is 59.2 Å². The number of aromatic nitrogens is 2. The largest absolute Gasteiger partial charge is 0.493 e. The van der Waals surface area contributed by atoms with Crippen molar-refractivity contribution in [1.82, 2.24) is 9.78 Å². The van der Waals surface area contributed by atoms with Crippen LogP contribution in [-0.2, 0) is 11.3 Å². The number of nitriles is 1. The highest BCUT2D eigenvalue weighted by Crippen LogP contribution is 2.27. The Hall–Kier alpha value is -3.31. The van der Waals surface area contributed by atoms with Crippen molar-refractivity contribution in [3.63, 3.8) is 0 Å². The van der Waals surface area contributed by atoms with Crippen LogP contribution in [-0.4, -0.2) is 29.4 Å². The van der Waals surface area contributed by atoms with Gasteiger partial charge in [-0.25, -0.2) is 4.68 Å². The van der Waals surface area contributed by atoms with Crippen molar-refractivity contribution in [1.29, 1.82) is 5.26 Å². The molecule has 3 rings (SSSR count). The van der Waals surface area contributed by atoms with Crippen molar-refractivity contribution in [2.75, 3.05) is 19.0 Å². The van der Waals surface area contributed by atoms with Crippen molar-refractivity contribution in [2.45, 2.75) is 6.54 Å². The number of carbonyl (C=O) groups is 1. The lowest BCUT2D eigenvalue weighted by Crippen LogP contribution is -2.22. The molecule has 0 aliphatic rings. The van der Waals surface area contributed by atoms with Crippen molar-refractivity contribution in [2.24, 2.45) is 0 Å². The first-order valence-corrected chi connectivity index (χ1v) is 9.15. The molecule has 0 saturated carbocycles. The summed E-state index contributed by atoms with van der Waals surface area (Å²) in [5.41, 5.74) is 1.51. The van der Waals surface area contributed by atoms with Gasteiger partial charge in [0.1, 0.15) is 5.82 Å². The molecule has 142 valence electrons. The molecule has 0 spiro atoms. The third-order valence-corrected chi connectivity index (χ3v) is 4.41. The Bertz CT molecular complexity index is 1010. The van der Waals surface area contributed by atoms with Crippen LogP contribution in [0.25, 0.3) is 0 Å². The third kappa shape index (κ3) is 4.90. The average molecular weight is 441 g/mol. The molecule has 0 aliphatic carbocycles. The highest BCUT2D eigenvalue weighted by Gasteiger charge is 2.11. The molecule has 7 nitrogen and oxygen atoms in total. The summed E-state index contributed by atoms with van der Waals surface area (Å²) < 4.78 is 13.4. The van der Waals surface area contributed by atoms with Gasteiger partial charge in [0, 0.05) is 16.6 Å². The molecule has 2 aromatic carbocycles. The molecule has 0 radical (unpaired) electrons. The molecule has 1 aromatic heterocycles. The van der Waals surface area contributed by atoms with Gasteiger partial charge in [0.05, 0.1) is 31.5 Å². The predicted molar refractivity (Wildman–Crippen MR) is 107 cm³/mol. The first-order valence-electron chi connectivity index (χ1n) is 8.36. The second-order valence-electron chi connectivity index (χ2n) is 5.81. The molecular weight excluding hydrogens is 424 g/mol. The second kappa shape index (κ2) is 9.06. The van der Waals surface area contributed by atoms with Gasteiger partial charge >= 0.3 is 0 Å². The first kappa shape index (κ1) is 19.5. The summed E-state index contributed by atoms with van der Waals surface area (Å²) in [4.78, 5) is 12.3. The fourth-order valence-corrected chi connectivity index (χ4v) is 2.77. The highest BCUT2D eigenvalue weighted by molar-refractivity contribution is 9.10. The molecule has 1 heterocycles. The van der Waals surface area contributed by atoms with E-state index in [1.807, 2.05) is 30.3 Å². The molecular formula is C20H17BrN4O3. The van der Waals surface area contributed by atoms with E-state index in [0.29, 0.717) is 29.4 Å². The lowest BCUT2D eigenvalue weighted by atomic mass is 10.2. The lowest BCUT2D eigenvalue weighted by Gasteiger charge is -2.12. The normalized spacial score (nSPS) is 10.2. The van der Waals surface area contributed by atoms with Crippen LogP contribution in [0.4, 0.5) is 5.82 Å². The van der Waals surface area contributed by atoms with Crippen LogP contribution in [0.1, 0.15) is 11.1 Å². The number of ether oxygens (including phenoxy) is 2. The molecule has 0 fully saturated rings. The Labute approximate surface area is 170 Å². The van der Waals surface area contributed by atoms with Gasteiger partial charge in [-0.05, 0) is 29.8 Å². The summed E-state index contributed by atoms with van der Waals surface area (Å²) in [5, 5.41) is 16.0. The van der Waals surface area contributed by atoms with Crippen LogP contribution in [0, 0.1) is 11.3 Å². The SMILES string of the molecule is COc1cc(C#N)ccc1OCC(=O)Nc1ccnn1Cc1ccc(Br)cc1. The number of benzene rings is 2. The quantitative estimate of drug-likeness (QED) is 0.606. The Kier molecular flexibility index (Phi) is 6.29. The zero-order valence-electron chi connectivity index (χ0n) is 15.1. The summed E-state index contributed by atoms with van der Waals surface area (Å²) in [6, 6.07) is 16.4. The van der Waals surface area contributed by atoms with Crippen molar-refractivity contribution in [3.8, 4) is 17.6 Å². The second-order valence-corrected chi connectivity index (χ2v) is 6.73. The van der Waals surface area contributed by atoms with Gasteiger partial charge in [-0.1, -0.05) is 28.1 Å². The van der Waals surface area contributed by atoms with Crippen LogP contribution in [0.3, 0.4) is 0 Å². The van der Waals surface area contributed by atoms with E-state index in [1.165, 1.54) is 7.11 Å². The van der Waals surface area contributed by atoms with Gasteiger partial charge in [0.2, 0.25) is 0 Å². The Balaban J connectivity index is 1.61. The molecule has 0 aliphatic heterocycles. The smallest absolute Gasteiger partial charge is 0.263 e. The van der Waals surface area contributed by atoms with E-state index >= 15 is 0 Å². The fourth-order valence-electron chi connectivity index (χ4n) is 2.51. The Morgan fingerprint density at radius 1 is 1.21 bits per heavy atom. The number of halogens is 1. The van der Waals surface area contributed by atoms with Crippen LogP contribution < -0.4 is 14.8 Å². The van der Waals surface area contributed by atoms with E-state index in [-0.39, 0.29) is 12.5 Å². The van der Waals surface area contributed by atoms with Crippen molar-refractivity contribution < 1.29 is 14.3 Å². The molecule has 0 saturated heterocycles. The van der Waals surface area contributed by atoms with E-state index in [0.717, 1.165) is 10.0 Å². The van der Waals surface area contributed by atoms with Crippen LogP contribution in [0.5, 0.6) is 11.5 Å². The number of methoxy groups -OCH3 is 1. The Morgan fingerprint density at radius 3 is 2.71 bits per heavy atom. The molecule has 0 bridgehead atoms. The van der Waals surface area contributed by atoms with Crippen molar-refractivity contribution >= 4 is 27.7 Å². The van der Waals surface area contributed by atoms with E-state index in [1.54, 1.807) is 35.1 Å². The number of rotatable bonds is 7. The van der Waals surface area contributed by atoms with Gasteiger partial charge in [-0.2, -0.15) is 10.4 Å². The summed E-state index contributed by atoms with van der Waals surface area (Å²) in [7, 11) is 1.48. The van der Waals surface area contributed by atoms with E-state index in [9.17, 15) is 4.79 Å². The van der Waals surface area contributed by atoms with Gasteiger partial charge in [0.15, 0.2) is 18.1 Å². The van der Waals surface area contributed by atoms with Gasteiger partial charge in [-0.15, -0.1) is 0 Å². The Morgan fingerprint density at radius 2 is 2.00 bits per heavy atom. The maximum Gasteiger partial charge on any atom is 0.263 e. The number of nitrogens with one attached hydrogen (secondary N) is 1. The minimum Gasteiger partial charge on any atom is -0.493 e. The zero-order valence-corrected chi connectivity index (χ0v) is 16.6. The number of carbonyl (C=O) groups excluding carboxylic acids is 1. The lowest BCUT2D eigenvalue weighted by molar-refractivity contribution is -0.118. The molecule has 0 atom stereocenters. The first-order chi connectivity index (χ1) is 13.6. The van der Waals surface area contributed by atoms with Gasteiger partial charge < -0.3 is 14.8 Å². The maximum absolute atomic E-state index is 12.3. The fraction of sp³-hybridized carbons (Fsp3) is 0.150. The predicted octanol–water partition coefficient (Wildman–Crippen LogP) is 3.59. The molecule has 0 unspecified atom stereocenters. The number of anilines is 1. The topological polar surface area (TPSA) is 89.2 Å². The summed E-state index contributed by atoms with van der Waals surface area (Å²) in [6.07, 6.45) is 1.62. The average Bonchev–Trinajstić information content (AvgIpc) is 3.14. The van der Waals surface area contributed by atoms with Crippen LogP contribution in [0.2, 0.25) is 0 Å². The monoisotopic (exact) mass is 440 g/mol. The number of nitrogens with zero attached hydrogens (tertiary/aromatic N) is 3. The summed E-state index contributed by atoms with van der Waals surface area (Å²) >= 11 is 3.41. The third-order valence-electron chi connectivity index (χ3n) is 3.88. The number of hydrogen-bond acceptors (Lipinski definition) is 5. The minimum absolute atomic E-state index is 0.203. The summed E-state index contributed by atoms with van der Waals surface area (Å²) in [6.45, 7) is 0.325. The van der Waals surface area contributed by atoms with Gasteiger partial charge in [0.25, 0.3) is 5.91 Å². The molecule has 1 amide bonds.